The Morgan fingerprint density at radius 1 is 1.81 bits per heavy atom. The highest BCUT2D eigenvalue weighted by atomic mass is 79.9. The summed E-state index contributed by atoms with van der Waals surface area (Å²) in [4.78, 5) is 10.1. The fourth-order valence-corrected chi connectivity index (χ4v) is 2.01. The minimum absolute atomic E-state index is 0.0140. The normalized spacial score (nSPS) is 20.9. The first-order valence-electron chi connectivity index (χ1n) is 4.86. The number of nitrogens with one attached hydrogen (secondary N) is 1. The van der Waals surface area contributed by atoms with E-state index < -0.39 is 4.92 Å². The fourth-order valence-electron chi connectivity index (χ4n) is 1.55. The van der Waals surface area contributed by atoms with Crippen molar-refractivity contribution in [3.8, 4) is 0 Å². The van der Waals surface area contributed by atoms with E-state index in [4.69, 9.17) is 4.74 Å². The SMILES string of the molecule is O=[N+]([O-])c1nn(CC2CNCCO2)cc1Br. The molecule has 8 heteroatoms. The molecular weight excluding hydrogens is 280 g/mol. The summed E-state index contributed by atoms with van der Waals surface area (Å²) in [5.74, 6) is -0.163. The van der Waals surface area contributed by atoms with Crippen molar-refractivity contribution < 1.29 is 9.66 Å². The second-order valence-electron chi connectivity index (χ2n) is 3.48. The molecule has 0 amide bonds. The lowest BCUT2D eigenvalue weighted by atomic mass is 10.3. The van der Waals surface area contributed by atoms with Crippen molar-refractivity contribution in [1.82, 2.24) is 15.1 Å². The Labute approximate surface area is 100 Å². The molecule has 1 N–H and O–H groups in total. The van der Waals surface area contributed by atoms with E-state index in [-0.39, 0.29) is 11.9 Å². The van der Waals surface area contributed by atoms with Gasteiger partial charge in [-0.1, -0.05) is 0 Å². The molecule has 2 heterocycles. The Kier molecular flexibility index (Phi) is 3.52. The van der Waals surface area contributed by atoms with Crippen LogP contribution >= 0.6 is 15.9 Å². The molecule has 2 rings (SSSR count). The molecule has 7 nitrogen and oxygen atoms in total. The molecular formula is C8H11BrN4O3. The number of halogens is 1. The van der Waals surface area contributed by atoms with Gasteiger partial charge in [-0.05, 0) is 20.9 Å². The van der Waals surface area contributed by atoms with Crippen LogP contribution in [0.5, 0.6) is 0 Å². The van der Waals surface area contributed by atoms with Crippen LogP contribution in [0.3, 0.4) is 0 Å². The second kappa shape index (κ2) is 4.89. The molecule has 88 valence electrons. The molecule has 16 heavy (non-hydrogen) atoms. The molecule has 1 aromatic heterocycles. The van der Waals surface area contributed by atoms with Crippen LogP contribution in [0.1, 0.15) is 0 Å². The molecule has 0 aromatic carbocycles. The molecule has 0 saturated carbocycles. The second-order valence-corrected chi connectivity index (χ2v) is 4.33. The van der Waals surface area contributed by atoms with E-state index in [9.17, 15) is 10.1 Å². The molecule has 1 saturated heterocycles. The maximum Gasteiger partial charge on any atom is 0.404 e. The molecule has 0 aliphatic carbocycles. The maximum atomic E-state index is 10.6. The Morgan fingerprint density at radius 3 is 3.19 bits per heavy atom. The molecule has 1 aromatic rings. The van der Waals surface area contributed by atoms with Crippen molar-refractivity contribution in [3.63, 3.8) is 0 Å². The molecule has 0 bridgehead atoms. The molecule has 1 unspecified atom stereocenters. The average Bonchev–Trinajstić information content (AvgIpc) is 2.61. The van der Waals surface area contributed by atoms with E-state index in [2.05, 4.69) is 26.3 Å². The van der Waals surface area contributed by atoms with Gasteiger partial charge < -0.3 is 20.2 Å². The topological polar surface area (TPSA) is 82.2 Å². The number of hydrogen-bond donors (Lipinski definition) is 1. The summed E-state index contributed by atoms with van der Waals surface area (Å²) in [6, 6.07) is 0. The zero-order valence-corrected chi connectivity index (χ0v) is 10.0. The van der Waals surface area contributed by atoms with Gasteiger partial charge in [-0.15, -0.1) is 0 Å². The van der Waals surface area contributed by atoms with Gasteiger partial charge in [0.2, 0.25) is 0 Å². The minimum Gasteiger partial charge on any atom is -0.374 e. The van der Waals surface area contributed by atoms with Crippen LogP contribution in [0.25, 0.3) is 0 Å². The third-order valence-electron chi connectivity index (χ3n) is 2.27. The van der Waals surface area contributed by atoms with Gasteiger partial charge in [0.15, 0.2) is 0 Å². The molecule has 0 spiro atoms. The predicted molar refractivity (Wildman–Crippen MR) is 59.2 cm³/mol. The molecule has 1 aliphatic heterocycles. The third kappa shape index (κ3) is 2.57. The zero-order chi connectivity index (χ0) is 11.5. The van der Waals surface area contributed by atoms with Gasteiger partial charge in [0.05, 0.1) is 30.6 Å². The van der Waals surface area contributed by atoms with E-state index in [0.717, 1.165) is 13.1 Å². The Bertz CT molecular complexity index is 389. The number of ether oxygens (including phenoxy) is 1. The van der Waals surface area contributed by atoms with Crippen molar-refractivity contribution in [3.05, 3.63) is 20.8 Å². The van der Waals surface area contributed by atoms with Gasteiger partial charge in [0.1, 0.15) is 4.47 Å². The molecule has 1 atom stereocenters. The number of hydrogen-bond acceptors (Lipinski definition) is 5. The van der Waals surface area contributed by atoms with Crippen LogP contribution in [0, 0.1) is 10.1 Å². The number of aromatic nitrogens is 2. The third-order valence-corrected chi connectivity index (χ3v) is 2.83. The van der Waals surface area contributed by atoms with E-state index in [1.165, 1.54) is 4.68 Å². The summed E-state index contributed by atoms with van der Waals surface area (Å²) in [6.07, 6.45) is 1.61. The van der Waals surface area contributed by atoms with Crippen molar-refractivity contribution in [2.75, 3.05) is 19.7 Å². The van der Waals surface area contributed by atoms with E-state index in [0.29, 0.717) is 17.6 Å². The van der Waals surface area contributed by atoms with Gasteiger partial charge in [0, 0.05) is 13.1 Å². The standard InChI is InChI=1S/C8H11BrN4O3/c9-7-5-12(11-8(7)13(14)15)4-6-3-10-1-2-16-6/h5-6,10H,1-4H2. The molecule has 1 aliphatic rings. The highest BCUT2D eigenvalue weighted by Crippen LogP contribution is 2.22. The van der Waals surface area contributed by atoms with Crippen LogP contribution in [-0.2, 0) is 11.3 Å². The van der Waals surface area contributed by atoms with Gasteiger partial charge >= 0.3 is 5.82 Å². The van der Waals surface area contributed by atoms with E-state index in [1.54, 1.807) is 6.20 Å². The van der Waals surface area contributed by atoms with Gasteiger partial charge in [0.25, 0.3) is 0 Å². The first-order valence-corrected chi connectivity index (χ1v) is 5.66. The first-order chi connectivity index (χ1) is 7.66. The monoisotopic (exact) mass is 290 g/mol. The first kappa shape index (κ1) is 11.5. The van der Waals surface area contributed by atoms with Crippen molar-refractivity contribution in [1.29, 1.82) is 0 Å². The van der Waals surface area contributed by atoms with Crippen molar-refractivity contribution >= 4 is 21.7 Å². The summed E-state index contributed by atoms with van der Waals surface area (Å²) in [5.41, 5.74) is 0. The zero-order valence-electron chi connectivity index (χ0n) is 8.43. The summed E-state index contributed by atoms with van der Waals surface area (Å²) >= 11 is 3.10. The number of nitrogens with zero attached hydrogens (tertiary/aromatic N) is 3. The number of morpholine rings is 1. The van der Waals surface area contributed by atoms with E-state index >= 15 is 0 Å². The molecule has 1 fully saturated rings. The van der Waals surface area contributed by atoms with Crippen molar-refractivity contribution in [2.45, 2.75) is 12.6 Å². The van der Waals surface area contributed by atoms with Gasteiger partial charge in [-0.3, -0.25) is 0 Å². The lowest BCUT2D eigenvalue weighted by Gasteiger charge is -2.22. The van der Waals surface area contributed by atoms with Gasteiger partial charge in [-0.25, -0.2) is 0 Å². The fraction of sp³-hybridized carbons (Fsp3) is 0.625. The van der Waals surface area contributed by atoms with Crippen LogP contribution in [0.15, 0.2) is 10.7 Å². The number of rotatable bonds is 3. The smallest absolute Gasteiger partial charge is 0.374 e. The largest absolute Gasteiger partial charge is 0.404 e. The lowest BCUT2D eigenvalue weighted by molar-refractivity contribution is -0.390. The molecule has 0 radical (unpaired) electrons. The quantitative estimate of drug-likeness (QED) is 0.649. The minimum atomic E-state index is -0.513. The van der Waals surface area contributed by atoms with Crippen LogP contribution in [0.4, 0.5) is 5.82 Å². The highest BCUT2D eigenvalue weighted by Gasteiger charge is 2.21. The Morgan fingerprint density at radius 2 is 2.62 bits per heavy atom. The van der Waals surface area contributed by atoms with Crippen LogP contribution in [0.2, 0.25) is 0 Å². The van der Waals surface area contributed by atoms with Gasteiger partial charge in [-0.2, -0.15) is 4.68 Å². The maximum absolute atomic E-state index is 10.6. The summed E-state index contributed by atoms with van der Waals surface area (Å²) in [5, 5.41) is 17.6. The predicted octanol–water partition coefficient (Wildman–Crippen LogP) is 0.542. The van der Waals surface area contributed by atoms with E-state index in [1.807, 2.05) is 0 Å². The Balaban J connectivity index is 2.03. The summed E-state index contributed by atoms with van der Waals surface area (Å²) in [6.45, 7) is 2.76. The van der Waals surface area contributed by atoms with Crippen molar-refractivity contribution in [2.24, 2.45) is 0 Å². The summed E-state index contributed by atoms with van der Waals surface area (Å²) in [7, 11) is 0. The number of nitro groups is 1. The lowest BCUT2D eigenvalue weighted by Crippen LogP contribution is -2.40. The summed E-state index contributed by atoms with van der Waals surface area (Å²) < 4.78 is 7.40. The Hall–Kier alpha value is -0.990. The highest BCUT2D eigenvalue weighted by molar-refractivity contribution is 9.10. The van der Waals surface area contributed by atoms with Crippen LogP contribution < -0.4 is 5.32 Å². The van der Waals surface area contributed by atoms with Crippen LogP contribution in [-0.4, -0.2) is 40.5 Å². The average molecular weight is 291 g/mol.